The van der Waals surface area contributed by atoms with Gasteiger partial charge < -0.3 is 35.2 Å². The molecular weight excluding hydrogens is 626 g/mol. The van der Waals surface area contributed by atoms with Crippen LogP contribution in [-0.4, -0.2) is 89.2 Å². The zero-order valence-electron chi connectivity index (χ0n) is 28.7. The van der Waals surface area contributed by atoms with Crippen LogP contribution in [0.2, 0.25) is 0 Å². The first-order valence-corrected chi connectivity index (χ1v) is 15.8. The Morgan fingerprint density at radius 3 is 2.17 bits per heavy atom. The van der Waals surface area contributed by atoms with Crippen LogP contribution in [0.5, 0.6) is 5.75 Å². The molecule has 3 aliphatic rings. The van der Waals surface area contributed by atoms with Gasteiger partial charge in [-0.2, -0.15) is 0 Å². The van der Waals surface area contributed by atoms with Crippen LogP contribution in [0.15, 0.2) is 6.07 Å². The molecule has 262 valence electrons. The molecule has 0 aromatic heterocycles. The zero-order chi connectivity index (χ0) is 36.3. The van der Waals surface area contributed by atoms with Crippen molar-refractivity contribution in [1.29, 1.82) is 0 Å². The number of ether oxygens (including phenoxy) is 2. The van der Waals surface area contributed by atoms with E-state index < -0.39 is 100 Å². The summed E-state index contributed by atoms with van der Waals surface area (Å²) in [4.78, 5) is 94.4. The van der Waals surface area contributed by atoms with Gasteiger partial charge in [0.25, 0.3) is 0 Å². The number of amides is 2. The van der Waals surface area contributed by atoms with Crippen molar-refractivity contribution >= 4 is 46.8 Å². The summed E-state index contributed by atoms with van der Waals surface area (Å²) in [6.45, 7) is 9.87. The summed E-state index contributed by atoms with van der Waals surface area (Å²) in [5, 5.41) is 23.1. The number of primary amides is 1. The number of ketones is 4. The molecule has 2 unspecified atom stereocenters. The minimum atomic E-state index is -2.76. The summed E-state index contributed by atoms with van der Waals surface area (Å²) in [7, 11) is 3.45. The number of esters is 1. The highest BCUT2D eigenvalue weighted by Crippen LogP contribution is 2.51. The van der Waals surface area contributed by atoms with E-state index in [1.807, 2.05) is 20.8 Å². The van der Waals surface area contributed by atoms with E-state index in [2.05, 4.69) is 0 Å². The minimum Gasteiger partial charge on any atom is -0.507 e. The minimum absolute atomic E-state index is 0.0264. The van der Waals surface area contributed by atoms with Crippen molar-refractivity contribution in [2.45, 2.75) is 73.0 Å². The Morgan fingerprint density at radius 1 is 1.00 bits per heavy atom. The predicted molar refractivity (Wildman–Crippen MR) is 170 cm³/mol. The number of rotatable bonds is 7. The fourth-order valence-corrected chi connectivity index (χ4v) is 6.99. The summed E-state index contributed by atoms with van der Waals surface area (Å²) < 4.78 is 10.3. The van der Waals surface area contributed by atoms with Gasteiger partial charge in [-0.25, -0.2) is 4.79 Å². The topological polar surface area (TPSA) is 211 Å². The highest BCUT2D eigenvalue weighted by molar-refractivity contribution is 6.31. The molecule has 2 saturated carbocycles. The molecule has 14 nitrogen and oxygen atoms in total. The fraction of sp³-hybridized carbons (Fsp3) is 0.618. The Labute approximate surface area is 278 Å². The average molecular weight is 672 g/mol. The number of nitrogens with zero attached hydrogens (tertiary/aromatic N) is 2. The van der Waals surface area contributed by atoms with Crippen molar-refractivity contribution in [2.75, 3.05) is 32.3 Å². The lowest BCUT2D eigenvalue weighted by Gasteiger charge is -2.48. The highest BCUT2D eigenvalue weighted by Gasteiger charge is 2.66. The maximum atomic E-state index is 14.2. The molecule has 0 bridgehead atoms. The molecule has 1 aromatic carbocycles. The second kappa shape index (κ2) is 12.6. The first-order valence-electron chi connectivity index (χ1n) is 15.8. The fourth-order valence-electron chi connectivity index (χ4n) is 6.99. The number of carbonyl (C=O) groups is 7. The number of phenols is 1. The van der Waals surface area contributed by atoms with Crippen molar-refractivity contribution in [3.8, 4) is 5.75 Å². The van der Waals surface area contributed by atoms with Crippen molar-refractivity contribution in [2.24, 2.45) is 40.2 Å². The Balaban J connectivity index is 1.72. The Kier molecular flexibility index (Phi) is 9.59. The van der Waals surface area contributed by atoms with Crippen LogP contribution < -0.4 is 10.6 Å². The van der Waals surface area contributed by atoms with Gasteiger partial charge in [-0.3, -0.25) is 28.8 Å². The molecule has 5 atom stereocenters. The number of carbonyl (C=O) groups excluding carboxylic acids is 7. The maximum Gasteiger partial charge on any atom is 0.412 e. The second-order valence-electron chi connectivity index (χ2n) is 15.5. The lowest BCUT2D eigenvalue weighted by molar-refractivity contribution is -0.175. The second-order valence-corrected chi connectivity index (χ2v) is 15.5. The largest absolute Gasteiger partial charge is 0.507 e. The third kappa shape index (κ3) is 6.54. The van der Waals surface area contributed by atoms with Crippen LogP contribution in [0.25, 0.3) is 0 Å². The molecule has 0 heterocycles. The molecule has 4 N–H and O–H groups in total. The van der Waals surface area contributed by atoms with E-state index in [0.29, 0.717) is 11.3 Å². The van der Waals surface area contributed by atoms with E-state index in [9.17, 15) is 43.8 Å². The van der Waals surface area contributed by atoms with Crippen LogP contribution in [0, 0.1) is 34.5 Å². The molecular formula is C34H45N3O11. The van der Waals surface area contributed by atoms with Crippen molar-refractivity contribution in [3.63, 3.8) is 0 Å². The van der Waals surface area contributed by atoms with Crippen molar-refractivity contribution in [1.82, 2.24) is 4.90 Å². The predicted octanol–water partition coefficient (Wildman–Crippen LogP) is 1.92. The monoisotopic (exact) mass is 671 g/mol. The standard InChI is InChI=1S/C34H45N3O11/c1-32(2,3)14-37(31(45)48-15-47-30(44)33(4,5)6)13-17-11-20(36(7)8)19-10-16-9-18-12-21(38)24(29(35)43)28(42)34(18,46)27(41)22(16)26(40)23(19)25(17)39/h11,16,18,22,24,39,46H,9-10,12-15H2,1-8H3,(H2,35,43)/t16-,18+,22?,24?,34+/m1/s1. The Hall–Kier alpha value is -4.33. The number of fused-ring (bicyclic) bond motifs is 3. The van der Waals surface area contributed by atoms with Gasteiger partial charge in [0, 0.05) is 44.2 Å². The SMILES string of the molecule is CN(C)c1cc(CN(CC(C)(C)C)C(=O)OCOC(=O)C(C)(C)C)c(O)c2c1C[C@H]1C[C@H]3CC(=O)C(C(N)=O)C(=O)[C@@]3(O)C(=O)C1C2=O. The molecule has 2 fully saturated rings. The molecule has 0 spiro atoms. The number of aromatic hydroxyl groups is 1. The summed E-state index contributed by atoms with van der Waals surface area (Å²) >= 11 is 0. The molecule has 4 rings (SSSR count). The van der Waals surface area contributed by atoms with Crippen LogP contribution in [0.1, 0.15) is 75.9 Å². The highest BCUT2D eigenvalue weighted by atomic mass is 16.7. The van der Waals surface area contributed by atoms with E-state index in [1.54, 1.807) is 45.8 Å². The molecule has 3 aliphatic carbocycles. The van der Waals surface area contributed by atoms with Gasteiger partial charge in [-0.1, -0.05) is 20.8 Å². The zero-order valence-corrected chi connectivity index (χ0v) is 28.7. The number of hydrogen-bond donors (Lipinski definition) is 3. The Bertz CT molecular complexity index is 1590. The average Bonchev–Trinajstić information content (AvgIpc) is 2.94. The molecule has 14 heteroatoms. The number of nitrogens with two attached hydrogens (primary N) is 1. The van der Waals surface area contributed by atoms with E-state index in [-0.39, 0.29) is 37.1 Å². The first kappa shape index (κ1) is 36.5. The number of Topliss-reactive ketones (excluding diaryl/α,β-unsaturated/α-hetero) is 4. The lowest BCUT2D eigenvalue weighted by Crippen LogP contribution is -2.68. The van der Waals surface area contributed by atoms with Gasteiger partial charge in [0.05, 0.1) is 23.4 Å². The molecule has 1 aromatic rings. The summed E-state index contributed by atoms with van der Waals surface area (Å²) in [6, 6.07) is 1.64. The van der Waals surface area contributed by atoms with E-state index in [1.165, 1.54) is 4.90 Å². The molecule has 2 amide bonds. The summed E-state index contributed by atoms with van der Waals surface area (Å²) in [5.74, 6) is -11.7. The smallest absolute Gasteiger partial charge is 0.412 e. The lowest BCUT2D eigenvalue weighted by atomic mass is 9.53. The molecule has 0 radical (unpaired) electrons. The molecule has 0 saturated heterocycles. The summed E-state index contributed by atoms with van der Waals surface area (Å²) in [6.07, 6.45) is -1.18. The van der Waals surface area contributed by atoms with E-state index in [4.69, 9.17) is 15.2 Å². The quantitative estimate of drug-likeness (QED) is 0.216. The van der Waals surface area contributed by atoms with Gasteiger partial charge >= 0.3 is 12.1 Å². The maximum absolute atomic E-state index is 14.2. The number of benzene rings is 1. The number of anilines is 1. The van der Waals surface area contributed by atoms with Crippen LogP contribution in [-0.2, 0) is 46.4 Å². The van der Waals surface area contributed by atoms with Gasteiger partial charge in [0.1, 0.15) is 5.75 Å². The number of hydrogen-bond acceptors (Lipinski definition) is 12. The molecule has 48 heavy (non-hydrogen) atoms. The summed E-state index contributed by atoms with van der Waals surface area (Å²) in [5.41, 5.74) is 2.19. The van der Waals surface area contributed by atoms with Gasteiger partial charge in [0.2, 0.25) is 12.7 Å². The number of aliphatic hydroxyl groups is 1. The van der Waals surface area contributed by atoms with Gasteiger partial charge in [-0.05, 0) is 56.6 Å². The third-order valence-corrected chi connectivity index (χ3v) is 9.21. The number of phenolic OH excluding ortho intramolecular Hbond substituents is 1. The van der Waals surface area contributed by atoms with E-state index >= 15 is 0 Å². The van der Waals surface area contributed by atoms with Crippen molar-refractivity contribution < 1.29 is 53.2 Å². The van der Waals surface area contributed by atoms with Crippen LogP contribution >= 0.6 is 0 Å². The third-order valence-electron chi connectivity index (χ3n) is 9.21. The van der Waals surface area contributed by atoms with Gasteiger partial charge in [-0.15, -0.1) is 0 Å². The normalized spacial score (nSPS) is 25.4. The van der Waals surface area contributed by atoms with Crippen LogP contribution in [0.3, 0.4) is 0 Å². The van der Waals surface area contributed by atoms with Gasteiger partial charge in [0.15, 0.2) is 34.7 Å². The first-order chi connectivity index (χ1) is 22.0. The van der Waals surface area contributed by atoms with Crippen LogP contribution in [0.4, 0.5) is 10.5 Å². The van der Waals surface area contributed by atoms with E-state index in [0.717, 1.165) is 0 Å². The Morgan fingerprint density at radius 2 is 1.62 bits per heavy atom. The molecule has 0 aliphatic heterocycles. The van der Waals surface area contributed by atoms with Crippen molar-refractivity contribution in [3.05, 3.63) is 22.8 Å².